The van der Waals surface area contributed by atoms with Crippen molar-refractivity contribution in [1.29, 1.82) is 0 Å². The Hall–Kier alpha value is -1.00. The molecule has 0 saturated heterocycles. The SMILES string of the molecule is CC(C)NCCNCc1cc(F)cc(F)c1. The van der Waals surface area contributed by atoms with E-state index >= 15 is 0 Å². The van der Waals surface area contributed by atoms with Crippen LogP contribution in [0.1, 0.15) is 19.4 Å². The minimum atomic E-state index is -0.530. The molecule has 2 nitrogen and oxygen atoms in total. The fourth-order valence-corrected chi connectivity index (χ4v) is 1.39. The van der Waals surface area contributed by atoms with Crippen LogP contribution in [-0.4, -0.2) is 19.1 Å². The molecule has 0 radical (unpaired) electrons. The maximum absolute atomic E-state index is 12.8. The van der Waals surface area contributed by atoms with Crippen molar-refractivity contribution in [3.63, 3.8) is 0 Å². The molecule has 4 heteroatoms. The Bertz CT molecular complexity index is 307. The Kier molecular flexibility index (Phi) is 5.35. The molecule has 1 rings (SSSR count). The maximum Gasteiger partial charge on any atom is 0.126 e. The topological polar surface area (TPSA) is 24.1 Å². The van der Waals surface area contributed by atoms with Crippen molar-refractivity contribution in [3.05, 3.63) is 35.4 Å². The molecule has 1 aromatic rings. The van der Waals surface area contributed by atoms with E-state index in [2.05, 4.69) is 24.5 Å². The molecular formula is C12H18F2N2. The van der Waals surface area contributed by atoms with Crippen LogP contribution in [0.2, 0.25) is 0 Å². The second kappa shape index (κ2) is 6.55. The van der Waals surface area contributed by atoms with E-state index in [9.17, 15) is 8.78 Å². The molecule has 1 aromatic carbocycles. The first-order valence-corrected chi connectivity index (χ1v) is 5.47. The predicted octanol–water partition coefficient (Wildman–Crippen LogP) is 2.05. The number of halogens is 2. The van der Waals surface area contributed by atoms with Gasteiger partial charge in [0.15, 0.2) is 0 Å². The summed E-state index contributed by atoms with van der Waals surface area (Å²) >= 11 is 0. The van der Waals surface area contributed by atoms with Crippen LogP contribution in [0.5, 0.6) is 0 Å². The van der Waals surface area contributed by atoms with Gasteiger partial charge in [-0.25, -0.2) is 8.78 Å². The Balaban J connectivity index is 2.26. The fourth-order valence-electron chi connectivity index (χ4n) is 1.39. The molecule has 0 heterocycles. The minimum absolute atomic E-state index is 0.452. The van der Waals surface area contributed by atoms with Crippen LogP contribution >= 0.6 is 0 Å². The molecule has 0 aliphatic rings. The Morgan fingerprint density at radius 1 is 1.06 bits per heavy atom. The van der Waals surface area contributed by atoms with Crippen molar-refractivity contribution in [2.24, 2.45) is 0 Å². The molecule has 2 N–H and O–H groups in total. The van der Waals surface area contributed by atoms with Gasteiger partial charge in [-0.2, -0.15) is 0 Å². The lowest BCUT2D eigenvalue weighted by molar-refractivity contribution is 0.550. The van der Waals surface area contributed by atoms with E-state index in [1.807, 2.05) is 0 Å². The summed E-state index contributed by atoms with van der Waals surface area (Å²) in [6.07, 6.45) is 0. The molecule has 0 aromatic heterocycles. The summed E-state index contributed by atoms with van der Waals surface area (Å²) < 4.78 is 25.7. The molecule has 0 saturated carbocycles. The average Bonchev–Trinajstić information content (AvgIpc) is 2.15. The predicted molar refractivity (Wildman–Crippen MR) is 61.2 cm³/mol. The van der Waals surface area contributed by atoms with E-state index in [1.54, 1.807) is 0 Å². The number of hydrogen-bond acceptors (Lipinski definition) is 2. The number of nitrogens with one attached hydrogen (secondary N) is 2. The van der Waals surface area contributed by atoms with Gasteiger partial charge in [-0.1, -0.05) is 13.8 Å². The highest BCUT2D eigenvalue weighted by Crippen LogP contribution is 2.07. The van der Waals surface area contributed by atoms with Gasteiger partial charge in [0.05, 0.1) is 0 Å². The first-order valence-electron chi connectivity index (χ1n) is 5.47. The molecule has 0 atom stereocenters. The van der Waals surface area contributed by atoms with Gasteiger partial charge in [-0.3, -0.25) is 0 Å². The van der Waals surface area contributed by atoms with Gasteiger partial charge in [-0.05, 0) is 17.7 Å². The van der Waals surface area contributed by atoms with Gasteiger partial charge in [0, 0.05) is 31.7 Å². The summed E-state index contributed by atoms with van der Waals surface area (Å²) in [4.78, 5) is 0. The zero-order valence-electron chi connectivity index (χ0n) is 9.69. The molecule has 0 fully saturated rings. The summed E-state index contributed by atoms with van der Waals surface area (Å²) in [7, 11) is 0. The first kappa shape index (κ1) is 13.1. The monoisotopic (exact) mass is 228 g/mol. The quantitative estimate of drug-likeness (QED) is 0.728. The summed E-state index contributed by atoms with van der Waals surface area (Å²) in [5.74, 6) is -1.06. The van der Waals surface area contributed by atoms with Gasteiger partial charge in [0.2, 0.25) is 0 Å². The first-order chi connectivity index (χ1) is 7.58. The second-order valence-electron chi connectivity index (χ2n) is 4.06. The standard InChI is InChI=1S/C12H18F2N2/c1-9(2)16-4-3-15-8-10-5-11(13)7-12(14)6-10/h5-7,9,15-16H,3-4,8H2,1-2H3. The van der Waals surface area contributed by atoms with Crippen LogP contribution in [0, 0.1) is 11.6 Å². The van der Waals surface area contributed by atoms with E-state index in [0.29, 0.717) is 18.2 Å². The van der Waals surface area contributed by atoms with Gasteiger partial charge in [-0.15, -0.1) is 0 Å². The van der Waals surface area contributed by atoms with E-state index in [-0.39, 0.29) is 0 Å². The van der Waals surface area contributed by atoms with E-state index in [0.717, 1.165) is 19.2 Å². The smallest absolute Gasteiger partial charge is 0.126 e. The summed E-state index contributed by atoms with van der Waals surface area (Å²) in [6, 6.07) is 4.01. The van der Waals surface area contributed by atoms with Gasteiger partial charge >= 0.3 is 0 Å². The molecule has 16 heavy (non-hydrogen) atoms. The van der Waals surface area contributed by atoms with Gasteiger partial charge in [0.1, 0.15) is 11.6 Å². The lowest BCUT2D eigenvalue weighted by Gasteiger charge is -2.09. The highest BCUT2D eigenvalue weighted by atomic mass is 19.1. The highest BCUT2D eigenvalue weighted by Gasteiger charge is 2.00. The minimum Gasteiger partial charge on any atom is -0.313 e. The van der Waals surface area contributed by atoms with E-state index < -0.39 is 11.6 Å². The van der Waals surface area contributed by atoms with Crippen molar-refractivity contribution in [1.82, 2.24) is 10.6 Å². The van der Waals surface area contributed by atoms with Crippen LogP contribution in [0.15, 0.2) is 18.2 Å². The molecule has 0 bridgehead atoms. The van der Waals surface area contributed by atoms with Crippen molar-refractivity contribution in [2.75, 3.05) is 13.1 Å². The third-order valence-electron chi connectivity index (χ3n) is 2.11. The molecule has 90 valence electrons. The van der Waals surface area contributed by atoms with Crippen LogP contribution in [0.25, 0.3) is 0 Å². The van der Waals surface area contributed by atoms with Gasteiger partial charge < -0.3 is 10.6 Å². The molecule has 0 unspecified atom stereocenters. The maximum atomic E-state index is 12.8. The van der Waals surface area contributed by atoms with Crippen molar-refractivity contribution < 1.29 is 8.78 Å². The molecule has 0 amide bonds. The average molecular weight is 228 g/mol. The normalized spacial score (nSPS) is 11.1. The van der Waals surface area contributed by atoms with Crippen LogP contribution in [0.3, 0.4) is 0 Å². The molecule has 0 aliphatic carbocycles. The summed E-state index contributed by atoms with van der Waals surface area (Å²) in [6.45, 7) is 6.24. The number of benzene rings is 1. The van der Waals surface area contributed by atoms with Crippen molar-refractivity contribution in [2.45, 2.75) is 26.4 Å². The number of hydrogen-bond donors (Lipinski definition) is 2. The highest BCUT2D eigenvalue weighted by molar-refractivity contribution is 5.17. The van der Waals surface area contributed by atoms with Gasteiger partial charge in [0.25, 0.3) is 0 Å². The third kappa shape index (κ3) is 5.19. The third-order valence-corrected chi connectivity index (χ3v) is 2.11. The molecule has 0 aliphatic heterocycles. The lowest BCUT2D eigenvalue weighted by Crippen LogP contribution is -2.31. The van der Waals surface area contributed by atoms with E-state index in [4.69, 9.17) is 0 Å². The molecular weight excluding hydrogens is 210 g/mol. The van der Waals surface area contributed by atoms with Crippen molar-refractivity contribution >= 4 is 0 Å². The Morgan fingerprint density at radius 3 is 2.25 bits per heavy atom. The summed E-state index contributed by atoms with van der Waals surface area (Å²) in [5, 5.41) is 6.36. The van der Waals surface area contributed by atoms with E-state index in [1.165, 1.54) is 12.1 Å². The fraction of sp³-hybridized carbons (Fsp3) is 0.500. The second-order valence-corrected chi connectivity index (χ2v) is 4.06. The molecule has 0 spiro atoms. The van der Waals surface area contributed by atoms with Crippen LogP contribution in [0.4, 0.5) is 8.78 Å². The largest absolute Gasteiger partial charge is 0.313 e. The number of rotatable bonds is 6. The Labute approximate surface area is 95.1 Å². The van der Waals surface area contributed by atoms with Crippen LogP contribution in [-0.2, 0) is 6.54 Å². The zero-order chi connectivity index (χ0) is 12.0. The van der Waals surface area contributed by atoms with Crippen LogP contribution < -0.4 is 10.6 Å². The summed E-state index contributed by atoms with van der Waals surface area (Å²) in [5.41, 5.74) is 0.627. The Morgan fingerprint density at radius 2 is 1.69 bits per heavy atom. The zero-order valence-corrected chi connectivity index (χ0v) is 9.69. The van der Waals surface area contributed by atoms with Crippen molar-refractivity contribution in [3.8, 4) is 0 Å². The lowest BCUT2D eigenvalue weighted by atomic mass is 10.2.